The highest BCUT2D eigenvalue weighted by molar-refractivity contribution is 5.84. The molecule has 1 saturated heterocycles. The molecule has 1 fully saturated rings. The molecule has 11 nitrogen and oxygen atoms in total. The van der Waals surface area contributed by atoms with E-state index in [1.54, 1.807) is 7.11 Å². The van der Waals surface area contributed by atoms with Gasteiger partial charge in [-0.25, -0.2) is 4.98 Å². The molecule has 0 amide bonds. The van der Waals surface area contributed by atoms with Gasteiger partial charge in [-0.2, -0.15) is 9.97 Å². The van der Waals surface area contributed by atoms with E-state index >= 15 is 0 Å². The van der Waals surface area contributed by atoms with Crippen LogP contribution in [0.2, 0.25) is 0 Å². The van der Waals surface area contributed by atoms with Crippen LogP contribution in [0.1, 0.15) is 11.8 Å². The minimum Gasteiger partial charge on any atom is -0.496 e. The predicted octanol–water partition coefficient (Wildman–Crippen LogP) is -0.359. The molecular weight excluding hydrogens is 380 g/mol. The van der Waals surface area contributed by atoms with Crippen molar-refractivity contribution in [1.29, 1.82) is 0 Å². The minimum atomic E-state index is -1.26. The fourth-order valence-corrected chi connectivity index (χ4v) is 3.38. The van der Waals surface area contributed by atoms with Crippen LogP contribution >= 0.6 is 0 Å². The predicted molar refractivity (Wildman–Crippen MR) is 103 cm³/mol. The van der Waals surface area contributed by atoms with Crippen LogP contribution in [0, 0.1) is 0 Å². The summed E-state index contributed by atoms with van der Waals surface area (Å²) in [5.41, 5.74) is 7.54. The summed E-state index contributed by atoms with van der Waals surface area (Å²) in [6.07, 6.45) is -2.94. The van der Waals surface area contributed by atoms with Crippen molar-refractivity contribution in [2.75, 3.05) is 24.8 Å². The Morgan fingerprint density at radius 1 is 1.24 bits per heavy atom. The third kappa shape index (κ3) is 3.44. The molecule has 1 unspecified atom stereocenters. The Kier molecular flexibility index (Phi) is 5.20. The van der Waals surface area contributed by atoms with Crippen LogP contribution < -0.4 is 15.8 Å². The molecule has 11 heteroatoms. The average molecular weight is 402 g/mol. The molecule has 1 aliphatic heterocycles. The molecule has 4 rings (SSSR count). The zero-order valence-electron chi connectivity index (χ0n) is 15.6. The molecular formula is C18H22N6O5. The van der Waals surface area contributed by atoms with E-state index in [0.29, 0.717) is 23.5 Å². The number of rotatable bonds is 6. The van der Waals surface area contributed by atoms with E-state index in [4.69, 9.17) is 15.2 Å². The van der Waals surface area contributed by atoms with Gasteiger partial charge in [0.2, 0.25) is 5.95 Å². The number of aliphatic hydroxyl groups excluding tert-OH is 3. The van der Waals surface area contributed by atoms with Crippen molar-refractivity contribution in [2.45, 2.75) is 31.1 Å². The van der Waals surface area contributed by atoms with Gasteiger partial charge in [-0.3, -0.25) is 4.57 Å². The SMILES string of the molecule is COc1ccccc1CNc1nc(N)nc2c1ncn2C1O[C@H](CO)[C@@H](O)[C@H]1O. The van der Waals surface area contributed by atoms with Crippen LogP contribution in [0.25, 0.3) is 11.2 Å². The molecule has 1 aromatic carbocycles. The number of aromatic nitrogens is 4. The molecule has 29 heavy (non-hydrogen) atoms. The number of ether oxygens (including phenoxy) is 2. The topological polar surface area (TPSA) is 161 Å². The van der Waals surface area contributed by atoms with Gasteiger partial charge in [0.15, 0.2) is 23.2 Å². The molecule has 4 atom stereocenters. The van der Waals surface area contributed by atoms with Crippen LogP contribution in [0.4, 0.5) is 11.8 Å². The fourth-order valence-electron chi connectivity index (χ4n) is 3.38. The van der Waals surface area contributed by atoms with E-state index in [-0.39, 0.29) is 5.95 Å². The van der Waals surface area contributed by atoms with Gasteiger partial charge in [-0.05, 0) is 6.07 Å². The monoisotopic (exact) mass is 402 g/mol. The maximum absolute atomic E-state index is 10.3. The Balaban J connectivity index is 1.65. The molecule has 0 bridgehead atoms. The van der Waals surface area contributed by atoms with E-state index in [1.807, 2.05) is 24.3 Å². The van der Waals surface area contributed by atoms with Crippen LogP contribution in [-0.4, -0.2) is 66.9 Å². The van der Waals surface area contributed by atoms with Crippen LogP contribution in [0.5, 0.6) is 5.75 Å². The number of nitrogens with zero attached hydrogens (tertiary/aromatic N) is 4. The highest BCUT2D eigenvalue weighted by atomic mass is 16.6. The zero-order chi connectivity index (χ0) is 20.5. The van der Waals surface area contributed by atoms with Gasteiger partial charge in [0, 0.05) is 12.1 Å². The van der Waals surface area contributed by atoms with Gasteiger partial charge in [0.25, 0.3) is 0 Å². The highest BCUT2D eigenvalue weighted by Crippen LogP contribution is 2.32. The van der Waals surface area contributed by atoms with E-state index in [2.05, 4.69) is 20.3 Å². The number of aliphatic hydroxyl groups is 3. The smallest absolute Gasteiger partial charge is 0.224 e. The second-order valence-electron chi connectivity index (χ2n) is 6.65. The van der Waals surface area contributed by atoms with Crippen molar-refractivity contribution in [3.8, 4) is 5.75 Å². The van der Waals surface area contributed by atoms with Crippen molar-refractivity contribution in [3.63, 3.8) is 0 Å². The Hall–Kier alpha value is -2.99. The van der Waals surface area contributed by atoms with Gasteiger partial charge < -0.3 is 35.8 Å². The number of nitrogen functional groups attached to an aromatic ring is 1. The van der Waals surface area contributed by atoms with Crippen molar-refractivity contribution >= 4 is 22.9 Å². The second-order valence-corrected chi connectivity index (χ2v) is 6.65. The minimum absolute atomic E-state index is 0.00789. The normalized spacial score (nSPS) is 24.1. The molecule has 3 aromatic rings. The third-order valence-corrected chi connectivity index (χ3v) is 4.87. The number of benzene rings is 1. The number of nitrogens with two attached hydrogens (primary N) is 1. The first-order chi connectivity index (χ1) is 14.0. The van der Waals surface area contributed by atoms with Gasteiger partial charge in [-0.15, -0.1) is 0 Å². The summed E-state index contributed by atoms with van der Waals surface area (Å²) in [5, 5.41) is 32.8. The quantitative estimate of drug-likeness (QED) is 0.368. The number of para-hydroxylation sites is 1. The van der Waals surface area contributed by atoms with Crippen molar-refractivity contribution in [3.05, 3.63) is 36.2 Å². The summed E-state index contributed by atoms with van der Waals surface area (Å²) in [5.74, 6) is 1.15. The van der Waals surface area contributed by atoms with Crippen LogP contribution in [0.3, 0.4) is 0 Å². The number of methoxy groups -OCH3 is 1. The Bertz CT molecular complexity index is 1010. The number of hydrogen-bond acceptors (Lipinski definition) is 10. The van der Waals surface area contributed by atoms with Crippen molar-refractivity contribution < 1.29 is 24.8 Å². The Labute approximate surface area is 165 Å². The largest absolute Gasteiger partial charge is 0.496 e. The van der Waals surface area contributed by atoms with Crippen LogP contribution in [-0.2, 0) is 11.3 Å². The van der Waals surface area contributed by atoms with E-state index in [9.17, 15) is 15.3 Å². The maximum atomic E-state index is 10.3. The number of imidazole rings is 1. The van der Waals surface area contributed by atoms with Gasteiger partial charge >= 0.3 is 0 Å². The first-order valence-corrected chi connectivity index (χ1v) is 9.01. The molecule has 0 radical (unpaired) electrons. The lowest BCUT2D eigenvalue weighted by Gasteiger charge is -2.17. The van der Waals surface area contributed by atoms with E-state index < -0.39 is 31.1 Å². The summed E-state index contributed by atoms with van der Waals surface area (Å²) in [4.78, 5) is 12.8. The molecule has 0 aliphatic carbocycles. The van der Waals surface area contributed by atoms with Gasteiger partial charge in [-0.1, -0.05) is 18.2 Å². The summed E-state index contributed by atoms with van der Waals surface area (Å²) in [6.45, 7) is -0.0134. The number of nitrogens with one attached hydrogen (secondary N) is 1. The van der Waals surface area contributed by atoms with Gasteiger partial charge in [0.05, 0.1) is 20.0 Å². The lowest BCUT2D eigenvalue weighted by Crippen LogP contribution is -2.33. The lowest BCUT2D eigenvalue weighted by molar-refractivity contribution is -0.0511. The molecule has 0 spiro atoms. The van der Waals surface area contributed by atoms with E-state index in [1.165, 1.54) is 10.9 Å². The summed E-state index contributed by atoms with van der Waals surface area (Å²) in [6, 6.07) is 7.56. The standard InChI is InChI=1S/C18H22N6O5/c1-28-10-5-3-2-4-9(10)6-20-15-12-16(23-18(19)22-15)24(8-21-12)17-14(27)13(26)11(7-25)29-17/h2-5,8,11,13-14,17,25-27H,6-7H2,1H3,(H3,19,20,22,23)/t11-,13-,14-,17?/m1/s1. The highest BCUT2D eigenvalue weighted by Gasteiger charge is 2.44. The molecule has 1 aliphatic rings. The Morgan fingerprint density at radius 3 is 2.76 bits per heavy atom. The third-order valence-electron chi connectivity index (χ3n) is 4.87. The molecule has 6 N–H and O–H groups in total. The average Bonchev–Trinajstić information content (AvgIpc) is 3.27. The number of anilines is 2. The van der Waals surface area contributed by atoms with Crippen LogP contribution in [0.15, 0.2) is 30.6 Å². The van der Waals surface area contributed by atoms with Gasteiger partial charge in [0.1, 0.15) is 24.1 Å². The summed E-state index contributed by atoms with van der Waals surface area (Å²) in [7, 11) is 1.60. The van der Waals surface area contributed by atoms with Crippen molar-refractivity contribution in [2.24, 2.45) is 0 Å². The number of fused-ring (bicyclic) bond motifs is 1. The van der Waals surface area contributed by atoms with Crippen molar-refractivity contribution in [1.82, 2.24) is 19.5 Å². The number of hydrogen-bond donors (Lipinski definition) is 5. The first-order valence-electron chi connectivity index (χ1n) is 9.01. The zero-order valence-corrected chi connectivity index (χ0v) is 15.6. The molecule has 2 aromatic heterocycles. The lowest BCUT2D eigenvalue weighted by atomic mass is 10.1. The summed E-state index contributed by atoms with van der Waals surface area (Å²) < 4.78 is 12.4. The Morgan fingerprint density at radius 2 is 2.03 bits per heavy atom. The molecule has 154 valence electrons. The summed E-state index contributed by atoms with van der Waals surface area (Å²) >= 11 is 0. The molecule has 3 heterocycles. The fraction of sp³-hybridized carbons (Fsp3) is 0.389. The second kappa shape index (κ2) is 7.79. The first kappa shape index (κ1) is 19.3. The maximum Gasteiger partial charge on any atom is 0.224 e. The molecule has 0 saturated carbocycles. The van der Waals surface area contributed by atoms with E-state index in [0.717, 1.165) is 11.3 Å².